The van der Waals surface area contributed by atoms with Gasteiger partial charge in [0, 0.05) is 40.3 Å². The summed E-state index contributed by atoms with van der Waals surface area (Å²) in [6.07, 6.45) is 2.59. The Bertz CT molecular complexity index is 1070. The molecule has 0 spiro atoms. The largest absolute Gasteiger partial charge is 0.343 e. The highest BCUT2D eigenvalue weighted by atomic mass is 35.5. The molecule has 6 nitrogen and oxygen atoms in total. The number of hydrogen-bond donors (Lipinski definition) is 1. The van der Waals surface area contributed by atoms with Crippen molar-refractivity contribution in [1.82, 2.24) is 14.9 Å². The zero-order chi connectivity index (χ0) is 18.4. The fourth-order valence-corrected chi connectivity index (χ4v) is 4.46. The number of aromatic nitrogens is 2. The summed E-state index contributed by atoms with van der Waals surface area (Å²) >= 11 is 7.07. The van der Waals surface area contributed by atoms with Crippen molar-refractivity contribution in [3.63, 3.8) is 0 Å². The van der Waals surface area contributed by atoms with Gasteiger partial charge in [0.1, 0.15) is 5.69 Å². The Morgan fingerprint density at radius 3 is 2.72 bits per heavy atom. The summed E-state index contributed by atoms with van der Waals surface area (Å²) in [4.78, 5) is 17.2. The fourth-order valence-electron chi connectivity index (χ4n) is 2.50. The van der Waals surface area contributed by atoms with E-state index in [0.717, 1.165) is 28.5 Å². The fraction of sp³-hybridized carbons (Fsp3) is 0.250. The third-order valence-electron chi connectivity index (χ3n) is 3.83. The maximum Gasteiger partial charge on any atom is 0.268 e. The van der Waals surface area contributed by atoms with E-state index in [4.69, 9.17) is 11.6 Å². The minimum absolute atomic E-state index is 0.0443. The van der Waals surface area contributed by atoms with Crippen molar-refractivity contribution < 1.29 is 13.2 Å². The van der Waals surface area contributed by atoms with Crippen LogP contribution in [-0.2, 0) is 16.9 Å². The summed E-state index contributed by atoms with van der Waals surface area (Å²) in [6.45, 7) is 1.79. The van der Waals surface area contributed by atoms with Crippen molar-refractivity contribution >= 4 is 49.6 Å². The molecule has 1 atom stereocenters. The van der Waals surface area contributed by atoms with Crippen molar-refractivity contribution in [2.45, 2.75) is 17.3 Å². The van der Waals surface area contributed by atoms with Gasteiger partial charge in [-0.05, 0) is 25.1 Å². The van der Waals surface area contributed by atoms with E-state index in [1.807, 2.05) is 6.07 Å². The smallest absolute Gasteiger partial charge is 0.268 e. The standard InChI is InChI=1S/C16H16ClN3O3S2/c1-9(14-8-18-16(24-14)25(3,22)23)19-15(21)13-6-10-4-5-11(17)7-12(10)20(13)2/h4-9H,1-3H3,(H,19,21)/t9-/m1/s1. The highest BCUT2D eigenvalue weighted by molar-refractivity contribution is 7.92. The molecule has 2 aromatic heterocycles. The number of hydrogen-bond acceptors (Lipinski definition) is 5. The lowest BCUT2D eigenvalue weighted by Crippen LogP contribution is -2.27. The number of aryl methyl sites for hydroxylation is 1. The summed E-state index contributed by atoms with van der Waals surface area (Å²) in [7, 11) is -1.55. The quantitative estimate of drug-likeness (QED) is 0.733. The second kappa shape index (κ2) is 6.44. The summed E-state index contributed by atoms with van der Waals surface area (Å²) in [5.74, 6) is -0.253. The maximum absolute atomic E-state index is 12.6. The summed E-state index contributed by atoms with van der Waals surface area (Å²) < 4.78 is 24.9. The maximum atomic E-state index is 12.6. The molecule has 3 aromatic rings. The average molecular weight is 398 g/mol. The number of halogens is 1. The molecule has 0 saturated carbocycles. The van der Waals surface area contributed by atoms with Gasteiger partial charge >= 0.3 is 0 Å². The number of nitrogens with one attached hydrogen (secondary N) is 1. The average Bonchev–Trinajstić information content (AvgIpc) is 3.13. The van der Waals surface area contributed by atoms with Gasteiger partial charge < -0.3 is 9.88 Å². The van der Waals surface area contributed by atoms with E-state index in [0.29, 0.717) is 15.6 Å². The topological polar surface area (TPSA) is 81.1 Å². The van der Waals surface area contributed by atoms with Crippen LogP contribution in [0.5, 0.6) is 0 Å². The minimum Gasteiger partial charge on any atom is -0.343 e. The number of sulfone groups is 1. The number of thiazole rings is 1. The van der Waals surface area contributed by atoms with Crippen LogP contribution in [0.3, 0.4) is 0 Å². The zero-order valence-electron chi connectivity index (χ0n) is 13.8. The van der Waals surface area contributed by atoms with E-state index in [1.54, 1.807) is 36.7 Å². The van der Waals surface area contributed by atoms with Gasteiger partial charge in [0.05, 0.1) is 6.04 Å². The van der Waals surface area contributed by atoms with Crippen LogP contribution in [0.1, 0.15) is 28.3 Å². The number of rotatable bonds is 4. The van der Waals surface area contributed by atoms with Crippen LogP contribution in [0.2, 0.25) is 5.02 Å². The van der Waals surface area contributed by atoms with Gasteiger partial charge in [-0.25, -0.2) is 13.4 Å². The molecule has 0 aliphatic carbocycles. The molecule has 0 aliphatic heterocycles. The van der Waals surface area contributed by atoms with E-state index in [1.165, 1.54) is 6.20 Å². The lowest BCUT2D eigenvalue weighted by atomic mass is 10.2. The number of carbonyl (C=O) groups excluding carboxylic acids is 1. The molecule has 132 valence electrons. The Labute approximate surface area is 154 Å². The molecular weight excluding hydrogens is 382 g/mol. The number of benzene rings is 1. The first-order valence-corrected chi connectivity index (χ1v) is 10.5. The highest BCUT2D eigenvalue weighted by Gasteiger charge is 2.20. The number of amides is 1. The summed E-state index contributed by atoms with van der Waals surface area (Å²) in [6, 6.07) is 6.88. The van der Waals surface area contributed by atoms with Gasteiger partial charge in [0.15, 0.2) is 0 Å². The molecule has 0 unspecified atom stereocenters. The molecule has 0 aliphatic rings. The van der Waals surface area contributed by atoms with Crippen LogP contribution in [-0.4, -0.2) is 30.1 Å². The van der Waals surface area contributed by atoms with Crippen LogP contribution in [0.15, 0.2) is 34.8 Å². The van der Waals surface area contributed by atoms with Gasteiger partial charge in [-0.15, -0.1) is 11.3 Å². The second-order valence-corrected chi connectivity index (χ2v) is 9.48. The zero-order valence-corrected chi connectivity index (χ0v) is 16.2. The molecule has 1 N–H and O–H groups in total. The van der Waals surface area contributed by atoms with Crippen molar-refractivity contribution in [2.75, 3.05) is 6.26 Å². The normalized spacial score (nSPS) is 13.1. The Balaban J connectivity index is 1.84. The third kappa shape index (κ3) is 3.56. The molecule has 0 radical (unpaired) electrons. The van der Waals surface area contributed by atoms with Crippen LogP contribution in [0.25, 0.3) is 10.9 Å². The van der Waals surface area contributed by atoms with Crippen molar-refractivity contribution in [3.05, 3.63) is 46.1 Å². The van der Waals surface area contributed by atoms with E-state index in [9.17, 15) is 13.2 Å². The molecule has 0 saturated heterocycles. The Morgan fingerprint density at radius 2 is 2.08 bits per heavy atom. The van der Waals surface area contributed by atoms with Gasteiger partial charge in [0.2, 0.25) is 14.2 Å². The number of fused-ring (bicyclic) bond motifs is 1. The van der Waals surface area contributed by atoms with Gasteiger partial charge in [-0.2, -0.15) is 0 Å². The van der Waals surface area contributed by atoms with E-state index in [-0.39, 0.29) is 16.3 Å². The molecule has 2 heterocycles. The highest BCUT2D eigenvalue weighted by Crippen LogP contribution is 2.26. The third-order valence-corrected chi connectivity index (χ3v) is 6.94. The van der Waals surface area contributed by atoms with E-state index >= 15 is 0 Å². The van der Waals surface area contributed by atoms with Crippen LogP contribution in [0, 0.1) is 0 Å². The first-order chi connectivity index (χ1) is 11.7. The van der Waals surface area contributed by atoms with Crippen LogP contribution in [0.4, 0.5) is 0 Å². The monoisotopic (exact) mass is 397 g/mol. The summed E-state index contributed by atoms with van der Waals surface area (Å²) in [5, 5.41) is 4.40. The van der Waals surface area contributed by atoms with Crippen LogP contribution >= 0.6 is 22.9 Å². The van der Waals surface area contributed by atoms with E-state index < -0.39 is 9.84 Å². The molecule has 1 amide bonds. The molecule has 0 fully saturated rings. The molecule has 25 heavy (non-hydrogen) atoms. The SMILES string of the molecule is C[C@@H](NC(=O)c1cc2ccc(Cl)cc2n1C)c1cnc(S(C)(=O)=O)s1. The first kappa shape index (κ1) is 17.9. The van der Waals surface area contributed by atoms with Crippen LogP contribution < -0.4 is 5.32 Å². The molecular formula is C16H16ClN3O3S2. The van der Waals surface area contributed by atoms with Gasteiger partial charge in [-0.1, -0.05) is 17.7 Å². The second-order valence-electron chi connectivity index (χ2n) is 5.79. The lowest BCUT2D eigenvalue weighted by molar-refractivity contribution is 0.0932. The molecule has 1 aromatic carbocycles. The Hall–Kier alpha value is -1.90. The summed E-state index contributed by atoms with van der Waals surface area (Å²) in [5.41, 5.74) is 1.36. The molecule has 3 rings (SSSR count). The Kier molecular flexibility index (Phi) is 4.61. The van der Waals surface area contributed by atoms with Crippen molar-refractivity contribution in [2.24, 2.45) is 7.05 Å². The predicted molar refractivity (Wildman–Crippen MR) is 99.0 cm³/mol. The predicted octanol–water partition coefficient (Wildman–Crippen LogP) is 3.18. The van der Waals surface area contributed by atoms with Gasteiger partial charge in [-0.3, -0.25) is 4.79 Å². The number of carbonyl (C=O) groups is 1. The van der Waals surface area contributed by atoms with E-state index in [2.05, 4.69) is 10.3 Å². The lowest BCUT2D eigenvalue weighted by Gasteiger charge is -2.12. The number of nitrogens with zero attached hydrogens (tertiary/aromatic N) is 2. The molecule has 9 heteroatoms. The van der Waals surface area contributed by atoms with Crippen molar-refractivity contribution in [1.29, 1.82) is 0 Å². The van der Waals surface area contributed by atoms with Gasteiger partial charge in [0.25, 0.3) is 5.91 Å². The first-order valence-electron chi connectivity index (χ1n) is 7.38. The minimum atomic E-state index is -3.35. The Morgan fingerprint density at radius 1 is 1.36 bits per heavy atom. The van der Waals surface area contributed by atoms with Crippen molar-refractivity contribution in [3.8, 4) is 0 Å². The molecule has 0 bridgehead atoms.